The number of carbonyl (C=O) groups is 1. The fraction of sp³-hybridized carbons (Fsp3) is 0.357. The third-order valence-electron chi connectivity index (χ3n) is 3.72. The highest BCUT2D eigenvalue weighted by molar-refractivity contribution is 8.15. The molecule has 1 aromatic carbocycles. The van der Waals surface area contributed by atoms with E-state index in [0.717, 1.165) is 46.9 Å². The molecule has 0 saturated carbocycles. The van der Waals surface area contributed by atoms with Gasteiger partial charge in [0.25, 0.3) is 0 Å². The van der Waals surface area contributed by atoms with E-state index in [2.05, 4.69) is 19.8 Å². The number of rotatable bonds is 3. The number of amides is 2. The molecule has 1 aliphatic heterocycles. The lowest BCUT2D eigenvalue weighted by Crippen LogP contribution is -2.40. The minimum absolute atomic E-state index is 0.430. The minimum Gasteiger partial charge on any atom is -0.494 e. The van der Waals surface area contributed by atoms with Crippen molar-refractivity contribution in [2.45, 2.75) is 0 Å². The van der Waals surface area contributed by atoms with Crippen LogP contribution < -0.4 is 20.1 Å². The number of benzene rings is 1. The summed E-state index contributed by atoms with van der Waals surface area (Å²) in [4.78, 5) is 13.2. The van der Waals surface area contributed by atoms with Crippen LogP contribution in [-0.4, -0.2) is 47.9 Å². The summed E-state index contributed by atoms with van der Waals surface area (Å²) in [5.74, 6) is 2.57. The van der Waals surface area contributed by atoms with Gasteiger partial charge in [0.15, 0.2) is 0 Å². The van der Waals surface area contributed by atoms with Crippen molar-refractivity contribution < 1.29 is 9.53 Å². The molecule has 118 valence electrons. The van der Waals surface area contributed by atoms with Crippen LogP contribution in [0.1, 0.15) is 0 Å². The number of ether oxygens (including phenoxy) is 1. The predicted molar refractivity (Wildman–Crippen MR) is 89.7 cm³/mol. The summed E-state index contributed by atoms with van der Waals surface area (Å²) in [7, 11) is 1.63. The van der Waals surface area contributed by atoms with Crippen molar-refractivity contribution in [3.05, 3.63) is 24.4 Å². The Hall–Kier alpha value is -2.22. The monoisotopic (exact) mass is 321 g/mol. The Morgan fingerprint density at radius 2 is 2.18 bits per heavy atom. The van der Waals surface area contributed by atoms with Gasteiger partial charge in [0, 0.05) is 30.0 Å². The molecule has 2 amide bonds. The highest BCUT2D eigenvalue weighted by Crippen LogP contribution is 2.33. The van der Waals surface area contributed by atoms with Crippen molar-refractivity contribution in [3.63, 3.8) is 0 Å². The summed E-state index contributed by atoms with van der Waals surface area (Å²) in [5, 5.41) is 9.33. The summed E-state index contributed by atoms with van der Waals surface area (Å²) in [6.45, 7) is 1.73. The molecular formula is C14H19N5O2S. The smallest absolute Gasteiger partial charge is 0.320 e. The summed E-state index contributed by atoms with van der Waals surface area (Å²) in [6.07, 6.45) is 1.79. The van der Waals surface area contributed by atoms with Crippen LogP contribution in [0.25, 0.3) is 10.9 Å². The Bertz CT molecular complexity index is 688. The third kappa shape index (κ3) is 2.87. The number of anilines is 1. The second kappa shape index (κ2) is 6.27. The molecule has 1 fully saturated rings. The molecule has 8 heteroatoms. The summed E-state index contributed by atoms with van der Waals surface area (Å²) in [6, 6.07) is 5.44. The zero-order valence-electron chi connectivity index (χ0n) is 12.3. The highest BCUT2D eigenvalue weighted by atomic mass is 32.2. The minimum atomic E-state index is -0.508. The second-order valence-corrected chi connectivity index (χ2v) is 7.23. The number of fused-ring (bicyclic) bond motifs is 1. The van der Waals surface area contributed by atoms with E-state index in [1.165, 1.54) is 0 Å². The number of carbonyl (C=O) groups excluding carboxylic acids is 1. The van der Waals surface area contributed by atoms with Crippen LogP contribution in [-0.2, 0) is 0 Å². The van der Waals surface area contributed by atoms with Gasteiger partial charge in [-0.15, -0.1) is 5.10 Å². The molecule has 22 heavy (non-hydrogen) atoms. The number of nitrogens with one attached hydrogen (secondary N) is 1. The largest absolute Gasteiger partial charge is 0.494 e. The molecule has 0 unspecified atom stereocenters. The van der Waals surface area contributed by atoms with Gasteiger partial charge >= 0.3 is 6.03 Å². The molecule has 1 aromatic heterocycles. The van der Waals surface area contributed by atoms with Gasteiger partial charge in [-0.2, -0.15) is 16.2 Å². The molecule has 0 spiro atoms. The Labute approximate surface area is 131 Å². The van der Waals surface area contributed by atoms with Gasteiger partial charge in [-0.1, -0.05) is 12.1 Å². The second-order valence-electron chi connectivity index (χ2n) is 5.04. The van der Waals surface area contributed by atoms with E-state index in [1.807, 2.05) is 18.2 Å². The lowest BCUT2D eigenvalue weighted by atomic mass is 10.2. The molecule has 0 aliphatic carbocycles. The topological polar surface area (TPSA) is 93.4 Å². The maximum atomic E-state index is 10.9. The van der Waals surface area contributed by atoms with Crippen LogP contribution in [0.2, 0.25) is 0 Å². The molecule has 3 N–H and O–H groups in total. The van der Waals surface area contributed by atoms with Crippen molar-refractivity contribution in [3.8, 4) is 5.75 Å². The number of hydrogen-bond donors (Lipinski definition) is 3. The zero-order valence-corrected chi connectivity index (χ0v) is 13.2. The molecule has 0 atom stereocenters. The number of aromatic nitrogens is 2. The van der Waals surface area contributed by atoms with Crippen molar-refractivity contribution >= 4 is 33.7 Å². The average Bonchev–Trinajstić information content (AvgIpc) is 2.54. The number of nitrogens with two attached hydrogens (primary N) is 1. The normalized spacial score (nSPS) is 16.6. The Morgan fingerprint density at radius 3 is 2.86 bits per heavy atom. The van der Waals surface area contributed by atoms with Crippen LogP contribution in [0.3, 0.4) is 0 Å². The van der Waals surface area contributed by atoms with Gasteiger partial charge < -0.3 is 20.1 Å². The van der Waals surface area contributed by atoms with Crippen LogP contribution in [0.5, 0.6) is 5.75 Å². The quantitative estimate of drug-likeness (QED) is 0.735. The molecule has 2 heterocycles. The molecule has 1 saturated heterocycles. The third-order valence-corrected chi connectivity index (χ3v) is 5.74. The molecule has 2 aromatic rings. The number of primary amides is 1. The SMILES string of the molecule is COc1cccc2c(N3CC[SH](NC(N)=O)CC3)cnnc12. The van der Waals surface area contributed by atoms with Gasteiger partial charge in [0.05, 0.1) is 19.0 Å². The van der Waals surface area contributed by atoms with Crippen molar-refractivity contribution in [2.75, 3.05) is 36.6 Å². The Kier molecular flexibility index (Phi) is 4.19. The number of hydrogen-bond acceptors (Lipinski definition) is 5. The maximum absolute atomic E-state index is 10.9. The fourth-order valence-corrected chi connectivity index (χ4v) is 4.40. The lowest BCUT2D eigenvalue weighted by molar-refractivity contribution is 0.254. The van der Waals surface area contributed by atoms with Crippen molar-refractivity contribution in [1.29, 1.82) is 0 Å². The fourth-order valence-electron chi connectivity index (χ4n) is 2.67. The first-order chi connectivity index (χ1) is 10.7. The average molecular weight is 321 g/mol. The first-order valence-electron chi connectivity index (χ1n) is 7.03. The van der Waals surface area contributed by atoms with E-state index in [-0.39, 0.29) is 0 Å². The van der Waals surface area contributed by atoms with E-state index in [1.54, 1.807) is 13.3 Å². The van der Waals surface area contributed by atoms with Gasteiger partial charge in [-0.05, 0) is 6.07 Å². The number of methoxy groups -OCH3 is 1. The number of thiol groups is 1. The van der Waals surface area contributed by atoms with Crippen LogP contribution in [0, 0.1) is 0 Å². The number of nitrogens with zero attached hydrogens (tertiary/aromatic N) is 3. The molecule has 3 rings (SSSR count). The van der Waals surface area contributed by atoms with Crippen LogP contribution in [0.4, 0.5) is 10.5 Å². The Balaban J connectivity index is 1.84. The molecule has 1 aliphatic rings. The van der Waals surface area contributed by atoms with Crippen molar-refractivity contribution in [1.82, 2.24) is 14.9 Å². The van der Waals surface area contributed by atoms with Gasteiger partial charge in [-0.25, -0.2) is 4.79 Å². The lowest BCUT2D eigenvalue weighted by Gasteiger charge is -2.36. The van der Waals surface area contributed by atoms with Gasteiger partial charge in [-0.3, -0.25) is 0 Å². The van der Waals surface area contributed by atoms with E-state index >= 15 is 0 Å². The summed E-state index contributed by atoms with van der Waals surface area (Å²) in [5.41, 5.74) is 7.02. The van der Waals surface area contributed by atoms with E-state index in [4.69, 9.17) is 10.5 Å². The molecular weight excluding hydrogens is 302 g/mol. The van der Waals surface area contributed by atoms with Crippen LogP contribution >= 0.6 is 11.1 Å². The van der Waals surface area contributed by atoms with E-state index in [9.17, 15) is 4.79 Å². The molecule has 0 radical (unpaired) electrons. The predicted octanol–water partition coefficient (Wildman–Crippen LogP) is 1.04. The van der Waals surface area contributed by atoms with Crippen molar-refractivity contribution in [2.24, 2.45) is 5.73 Å². The van der Waals surface area contributed by atoms with Gasteiger partial charge in [0.1, 0.15) is 11.3 Å². The maximum Gasteiger partial charge on any atom is 0.320 e. The van der Waals surface area contributed by atoms with Gasteiger partial charge in [0.2, 0.25) is 0 Å². The summed E-state index contributed by atoms with van der Waals surface area (Å²) < 4.78 is 8.19. The zero-order chi connectivity index (χ0) is 15.5. The highest BCUT2D eigenvalue weighted by Gasteiger charge is 2.20. The summed E-state index contributed by atoms with van der Waals surface area (Å²) >= 11 is -0.508. The molecule has 7 nitrogen and oxygen atoms in total. The standard InChI is InChI=1S/C14H19N5O2S/c1-21-12-4-2-3-10-11(9-16-17-13(10)12)19-5-7-22(8-6-19)18-14(15)20/h2-4,9,22H,5-8H2,1H3,(H3,15,18,20). The van der Waals surface area contributed by atoms with E-state index < -0.39 is 17.1 Å². The van der Waals surface area contributed by atoms with E-state index in [0.29, 0.717) is 0 Å². The Morgan fingerprint density at radius 1 is 1.41 bits per heavy atom. The first kappa shape index (κ1) is 14.7. The first-order valence-corrected chi connectivity index (χ1v) is 8.74. The number of urea groups is 1. The molecule has 0 bridgehead atoms. The van der Waals surface area contributed by atoms with Crippen LogP contribution in [0.15, 0.2) is 24.4 Å².